The Hall–Kier alpha value is -1.43. The molecule has 0 radical (unpaired) electrons. The van der Waals surface area contributed by atoms with Gasteiger partial charge in [-0.15, -0.1) is 0 Å². The topological polar surface area (TPSA) is 72.2 Å². The Balaban J connectivity index is 2.54. The molecule has 0 spiro atoms. The molecule has 2 rings (SSSR count). The summed E-state index contributed by atoms with van der Waals surface area (Å²) in [6, 6.07) is 8.06. The lowest BCUT2D eigenvalue weighted by Gasteiger charge is -2.15. The first-order valence-corrected chi connectivity index (χ1v) is 8.30. The van der Waals surface area contributed by atoms with E-state index in [1.807, 2.05) is 6.92 Å². The van der Waals surface area contributed by atoms with Crippen LogP contribution in [-0.2, 0) is 10.0 Å². The number of rotatable bonds is 3. The Kier molecular flexibility index (Phi) is 4.37. The number of anilines is 2. The third kappa shape index (κ3) is 3.10. The molecule has 0 bridgehead atoms. The van der Waals surface area contributed by atoms with Crippen molar-refractivity contribution in [2.75, 3.05) is 10.5 Å². The lowest BCUT2D eigenvalue weighted by atomic mass is 10.1. The molecular weight excluding hydrogens is 331 g/mol. The number of hydrogen-bond acceptors (Lipinski definition) is 3. The van der Waals surface area contributed by atoms with Crippen LogP contribution in [-0.4, -0.2) is 8.42 Å². The zero-order valence-electron chi connectivity index (χ0n) is 11.4. The van der Waals surface area contributed by atoms with Crippen LogP contribution in [0.5, 0.6) is 0 Å². The van der Waals surface area contributed by atoms with E-state index in [9.17, 15) is 8.42 Å². The fourth-order valence-corrected chi connectivity index (χ4v) is 3.85. The molecule has 0 saturated carbocycles. The molecule has 4 nitrogen and oxygen atoms in total. The molecule has 21 heavy (non-hydrogen) atoms. The second-order valence-corrected chi connectivity index (χ2v) is 7.04. The molecule has 0 unspecified atom stereocenters. The van der Waals surface area contributed by atoms with Crippen LogP contribution in [0.4, 0.5) is 11.4 Å². The maximum atomic E-state index is 12.6. The van der Waals surface area contributed by atoms with E-state index in [4.69, 9.17) is 28.9 Å². The molecule has 0 saturated heterocycles. The van der Waals surface area contributed by atoms with Crippen LogP contribution in [0.15, 0.2) is 35.2 Å². The van der Waals surface area contributed by atoms with Crippen molar-refractivity contribution in [3.63, 3.8) is 0 Å². The summed E-state index contributed by atoms with van der Waals surface area (Å²) in [5.41, 5.74) is 7.65. The van der Waals surface area contributed by atoms with E-state index >= 15 is 0 Å². The van der Waals surface area contributed by atoms with E-state index < -0.39 is 10.0 Å². The van der Waals surface area contributed by atoms with Crippen molar-refractivity contribution in [2.45, 2.75) is 18.7 Å². The van der Waals surface area contributed by atoms with E-state index in [1.165, 1.54) is 6.07 Å². The van der Waals surface area contributed by atoms with Crippen molar-refractivity contribution >= 4 is 44.6 Å². The number of nitrogens with two attached hydrogens (primary N) is 1. The number of aryl methyl sites for hydroxylation is 1. The lowest BCUT2D eigenvalue weighted by Crippen LogP contribution is -2.17. The van der Waals surface area contributed by atoms with Gasteiger partial charge < -0.3 is 5.73 Å². The Morgan fingerprint density at radius 1 is 1.10 bits per heavy atom. The standard InChI is InChI=1S/C14H14Cl2N2O2S/c1-8-6-7-11(17)14(9(8)2)21(19,20)18-12-5-3-4-10(15)13(12)16/h3-7,18H,17H2,1-2H3. The highest BCUT2D eigenvalue weighted by Crippen LogP contribution is 2.33. The summed E-state index contributed by atoms with van der Waals surface area (Å²) in [6.45, 7) is 3.53. The van der Waals surface area contributed by atoms with Crippen LogP contribution in [0.3, 0.4) is 0 Å². The molecule has 2 aromatic rings. The SMILES string of the molecule is Cc1ccc(N)c(S(=O)(=O)Nc2cccc(Cl)c2Cl)c1C. The van der Waals surface area contributed by atoms with Crippen LogP contribution < -0.4 is 10.5 Å². The maximum absolute atomic E-state index is 12.6. The van der Waals surface area contributed by atoms with Crippen LogP contribution in [0.1, 0.15) is 11.1 Å². The normalized spacial score (nSPS) is 11.4. The van der Waals surface area contributed by atoms with Gasteiger partial charge in [0.15, 0.2) is 0 Å². The van der Waals surface area contributed by atoms with E-state index in [-0.39, 0.29) is 26.3 Å². The van der Waals surface area contributed by atoms with Crippen molar-refractivity contribution < 1.29 is 8.42 Å². The summed E-state index contributed by atoms with van der Waals surface area (Å²) in [5.74, 6) is 0. The molecule has 0 amide bonds. The average Bonchev–Trinajstić information content (AvgIpc) is 2.39. The Morgan fingerprint density at radius 3 is 2.43 bits per heavy atom. The number of hydrogen-bond donors (Lipinski definition) is 2. The minimum Gasteiger partial charge on any atom is -0.398 e. The molecular formula is C14H14Cl2N2O2S. The first-order valence-electron chi connectivity index (χ1n) is 6.06. The summed E-state index contributed by atoms with van der Waals surface area (Å²) in [4.78, 5) is 0.0542. The van der Waals surface area contributed by atoms with Crippen LogP contribution in [0.25, 0.3) is 0 Å². The zero-order valence-corrected chi connectivity index (χ0v) is 13.8. The monoisotopic (exact) mass is 344 g/mol. The first-order chi connectivity index (χ1) is 9.74. The van der Waals surface area contributed by atoms with Crippen LogP contribution in [0, 0.1) is 13.8 Å². The second kappa shape index (κ2) is 5.75. The number of benzene rings is 2. The molecule has 0 aliphatic rings. The average molecular weight is 345 g/mol. The highest BCUT2D eigenvalue weighted by molar-refractivity contribution is 7.93. The minimum atomic E-state index is -3.85. The molecule has 3 N–H and O–H groups in total. The number of sulfonamides is 1. The third-order valence-corrected chi connectivity index (χ3v) is 5.56. The summed E-state index contributed by atoms with van der Waals surface area (Å²) in [6.07, 6.45) is 0. The fraction of sp³-hybridized carbons (Fsp3) is 0.143. The zero-order chi connectivity index (χ0) is 15.8. The first kappa shape index (κ1) is 15.9. The van der Waals surface area contributed by atoms with Gasteiger partial charge in [-0.25, -0.2) is 8.42 Å². The van der Waals surface area contributed by atoms with Gasteiger partial charge in [0, 0.05) is 0 Å². The summed E-state index contributed by atoms with van der Waals surface area (Å²) < 4.78 is 27.6. The van der Waals surface area contributed by atoms with E-state index in [0.29, 0.717) is 5.56 Å². The van der Waals surface area contributed by atoms with Crippen LogP contribution >= 0.6 is 23.2 Å². The fourth-order valence-electron chi connectivity index (χ4n) is 1.95. The third-order valence-electron chi connectivity index (χ3n) is 3.17. The van der Waals surface area contributed by atoms with Crippen LogP contribution in [0.2, 0.25) is 10.0 Å². The molecule has 7 heteroatoms. The van der Waals surface area contributed by atoms with E-state index in [2.05, 4.69) is 4.72 Å². The summed E-state index contributed by atoms with van der Waals surface area (Å²) in [7, 11) is -3.85. The van der Waals surface area contributed by atoms with Gasteiger partial charge in [-0.05, 0) is 43.2 Å². The quantitative estimate of drug-likeness (QED) is 0.826. The Morgan fingerprint density at radius 2 is 1.76 bits per heavy atom. The summed E-state index contributed by atoms with van der Waals surface area (Å²) >= 11 is 11.9. The van der Waals surface area contributed by atoms with Crippen molar-refractivity contribution in [3.8, 4) is 0 Å². The van der Waals surface area contributed by atoms with Gasteiger partial charge in [-0.2, -0.15) is 0 Å². The van der Waals surface area contributed by atoms with Gasteiger partial charge in [0.1, 0.15) is 4.90 Å². The predicted octanol–water partition coefficient (Wildman–Crippen LogP) is 3.99. The highest BCUT2D eigenvalue weighted by Gasteiger charge is 2.22. The van der Waals surface area contributed by atoms with Gasteiger partial charge >= 0.3 is 0 Å². The van der Waals surface area contributed by atoms with Gasteiger partial charge in [-0.1, -0.05) is 35.3 Å². The van der Waals surface area contributed by atoms with Gasteiger partial charge in [0.25, 0.3) is 10.0 Å². The number of nitrogens with one attached hydrogen (secondary N) is 1. The predicted molar refractivity (Wildman–Crippen MR) is 87.6 cm³/mol. The number of nitrogen functional groups attached to an aromatic ring is 1. The van der Waals surface area contributed by atoms with Crippen molar-refractivity contribution in [1.29, 1.82) is 0 Å². The van der Waals surface area contributed by atoms with Crippen molar-refractivity contribution in [1.82, 2.24) is 0 Å². The number of halogens is 2. The smallest absolute Gasteiger partial charge is 0.264 e. The highest BCUT2D eigenvalue weighted by atomic mass is 35.5. The summed E-state index contributed by atoms with van der Waals surface area (Å²) in [5, 5.41) is 0.414. The van der Waals surface area contributed by atoms with Crippen molar-refractivity contribution in [2.24, 2.45) is 0 Å². The molecule has 0 heterocycles. The molecule has 0 aliphatic carbocycles. The largest absolute Gasteiger partial charge is 0.398 e. The van der Waals surface area contributed by atoms with Crippen molar-refractivity contribution in [3.05, 3.63) is 51.5 Å². The van der Waals surface area contributed by atoms with Gasteiger partial charge in [-0.3, -0.25) is 4.72 Å². The molecule has 0 fully saturated rings. The second-order valence-electron chi connectivity index (χ2n) is 4.63. The molecule has 2 aromatic carbocycles. The van der Waals surface area contributed by atoms with E-state index in [0.717, 1.165) is 5.56 Å². The Bertz CT molecular complexity index is 805. The lowest BCUT2D eigenvalue weighted by molar-refractivity contribution is 0.601. The Labute approximate surface area is 133 Å². The van der Waals surface area contributed by atoms with Gasteiger partial charge in [0.2, 0.25) is 0 Å². The molecule has 0 atom stereocenters. The van der Waals surface area contributed by atoms with E-state index in [1.54, 1.807) is 31.2 Å². The molecule has 112 valence electrons. The minimum absolute atomic E-state index is 0.0542. The molecule has 0 aliphatic heterocycles. The molecule has 0 aromatic heterocycles. The van der Waals surface area contributed by atoms with Gasteiger partial charge in [0.05, 0.1) is 21.4 Å². The maximum Gasteiger partial charge on any atom is 0.264 e.